The second kappa shape index (κ2) is 13.9. The maximum Gasteiger partial charge on any atom is 0.530 e. The zero-order chi connectivity index (χ0) is 35.1. The lowest BCUT2D eigenvalue weighted by Gasteiger charge is -2.29. The smallest absolute Gasteiger partial charge is 0.408 e. The van der Waals surface area contributed by atoms with Gasteiger partial charge < -0.3 is 13.6 Å². The molecule has 4 heteroatoms. The van der Waals surface area contributed by atoms with E-state index in [-0.39, 0.29) is 34.0 Å². The van der Waals surface area contributed by atoms with E-state index in [0.29, 0.717) is 0 Å². The first-order valence-corrected chi connectivity index (χ1v) is 18.3. The van der Waals surface area contributed by atoms with Gasteiger partial charge in [-0.2, -0.15) is 0 Å². The van der Waals surface area contributed by atoms with E-state index < -0.39 is 8.60 Å². The molecule has 254 valence electrons. The predicted molar refractivity (Wildman–Crippen MR) is 201 cm³/mol. The molecule has 0 unspecified atom stereocenters. The molecule has 0 aliphatic heterocycles. The average Bonchev–Trinajstić information content (AvgIpc) is 2.89. The Balaban J connectivity index is 2.28. The lowest BCUT2D eigenvalue weighted by molar-refractivity contribution is 0.377. The quantitative estimate of drug-likeness (QED) is 0.217. The van der Waals surface area contributed by atoms with Gasteiger partial charge in [0.25, 0.3) is 0 Å². The Labute approximate surface area is 283 Å². The van der Waals surface area contributed by atoms with Crippen molar-refractivity contribution in [3.8, 4) is 17.2 Å². The van der Waals surface area contributed by atoms with Gasteiger partial charge in [0, 0.05) is 0 Å². The van der Waals surface area contributed by atoms with Crippen LogP contribution >= 0.6 is 8.60 Å². The van der Waals surface area contributed by atoms with Gasteiger partial charge in [0.2, 0.25) is 0 Å². The molecule has 0 heterocycles. The molecule has 0 saturated heterocycles. The van der Waals surface area contributed by atoms with E-state index in [9.17, 15) is 0 Å². The van der Waals surface area contributed by atoms with Crippen LogP contribution in [0.5, 0.6) is 17.2 Å². The van der Waals surface area contributed by atoms with Gasteiger partial charge in [-0.3, -0.25) is 0 Å². The van der Waals surface area contributed by atoms with Crippen LogP contribution in [0.25, 0.3) is 0 Å². The molecule has 3 aromatic rings. The first-order valence-electron chi connectivity index (χ1n) is 17.2. The number of benzene rings is 3. The maximum atomic E-state index is 7.01. The molecule has 0 fully saturated rings. The molecule has 0 bridgehead atoms. The number of hydrogen-bond acceptors (Lipinski definition) is 3. The molecule has 0 N–H and O–H groups in total. The monoisotopic (exact) mass is 646 g/mol. The van der Waals surface area contributed by atoms with Crippen molar-refractivity contribution < 1.29 is 13.6 Å². The summed E-state index contributed by atoms with van der Waals surface area (Å²) in [5.74, 6) is 3.39. The van der Waals surface area contributed by atoms with E-state index >= 15 is 0 Å². The summed E-state index contributed by atoms with van der Waals surface area (Å²) in [5.41, 5.74) is 10.8. The molecule has 0 saturated carbocycles. The summed E-state index contributed by atoms with van der Waals surface area (Å²) in [5, 5.41) is 0. The van der Waals surface area contributed by atoms with E-state index in [1.54, 1.807) is 0 Å². The van der Waals surface area contributed by atoms with Crippen LogP contribution in [0.1, 0.15) is 172 Å². The van der Waals surface area contributed by atoms with Crippen LogP contribution < -0.4 is 13.6 Å². The van der Waals surface area contributed by atoms with Crippen molar-refractivity contribution in [2.24, 2.45) is 0 Å². The van der Waals surface area contributed by atoms with Gasteiger partial charge >= 0.3 is 8.60 Å². The second-order valence-electron chi connectivity index (χ2n) is 17.3. The molecule has 3 nitrogen and oxygen atoms in total. The summed E-state index contributed by atoms with van der Waals surface area (Å²) in [6.45, 7) is 40.2. The first kappa shape index (κ1) is 37.9. The topological polar surface area (TPSA) is 27.7 Å². The summed E-state index contributed by atoms with van der Waals surface area (Å²) in [7, 11) is -1.87. The van der Waals surface area contributed by atoms with Crippen LogP contribution in [0.2, 0.25) is 0 Å². The van der Waals surface area contributed by atoms with Crippen molar-refractivity contribution in [1.82, 2.24) is 0 Å². The molecule has 46 heavy (non-hydrogen) atoms. The predicted octanol–water partition coefficient (Wildman–Crippen LogP) is 13.6. The fourth-order valence-corrected chi connectivity index (χ4v) is 6.95. The van der Waals surface area contributed by atoms with Crippen LogP contribution in [-0.2, 0) is 16.2 Å². The van der Waals surface area contributed by atoms with Crippen molar-refractivity contribution in [1.29, 1.82) is 0 Å². The van der Waals surface area contributed by atoms with Crippen molar-refractivity contribution in [3.05, 3.63) is 86.5 Å². The third-order valence-corrected chi connectivity index (χ3v) is 9.87. The SMILES string of the molecule is Cc1cc(C(C)(C)C)cc(C(C)C)c1OP(Oc1c(C)cc(C(C)(C)C)cc1C(C)C)Oc1c(C)cc(C(C)(C)C)cc1C(C)C. The van der Waals surface area contributed by atoms with E-state index in [2.05, 4.69) is 161 Å². The number of rotatable bonds is 9. The Hall–Kier alpha value is -2.51. The van der Waals surface area contributed by atoms with Crippen LogP contribution in [0, 0.1) is 20.8 Å². The van der Waals surface area contributed by atoms with Crippen molar-refractivity contribution in [2.75, 3.05) is 0 Å². The largest absolute Gasteiger partial charge is 0.530 e. The van der Waals surface area contributed by atoms with Crippen LogP contribution in [0.4, 0.5) is 0 Å². The standard InChI is InChI=1S/C42H63O3P/c1-25(2)34-22-31(40(10,11)12)19-28(7)37(34)43-46(44-38-29(8)20-32(41(13,14)15)23-35(38)26(3)4)45-39-30(9)21-33(42(16,17)18)24-36(39)27(5)6/h19-27H,1-18H3. The lowest BCUT2D eigenvalue weighted by Crippen LogP contribution is -2.15. The van der Waals surface area contributed by atoms with E-state index in [4.69, 9.17) is 13.6 Å². The molecular formula is C42H63O3P. The van der Waals surface area contributed by atoms with E-state index in [0.717, 1.165) is 33.9 Å². The molecule has 3 aromatic carbocycles. The minimum Gasteiger partial charge on any atom is -0.408 e. The summed E-state index contributed by atoms with van der Waals surface area (Å²) >= 11 is 0. The van der Waals surface area contributed by atoms with Gasteiger partial charge in [0.15, 0.2) is 0 Å². The third kappa shape index (κ3) is 8.89. The van der Waals surface area contributed by atoms with Crippen molar-refractivity contribution in [3.63, 3.8) is 0 Å². The third-order valence-electron chi connectivity index (χ3n) is 8.87. The van der Waals surface area contributed by atoms with E-state index in [1.165, 1.54) is 33.4 Å². The zero-order valence-electron chi connectivity index (χ0n) is 32.4. The Morgan fingerprint density at radius 3 is 0.804 bits per heavy atom. The summed E-state index contributed by atoms with van der Waals surface area (Å²) in [4.78, 5) is 0. The van der Waals surface area contributed by atoms with Crippen molar-refractivity contribution in [2.45, 2.75) is 159 Å². The highest BCUT2D eigenvalue weighted by atomic mass is 31.2. The molecule has 0 aromatic heterocycles. The Bertz CT molecular complexity index is 1340. The fraction of sp³-hybridized carbons (Fsp3) is 0.571. The lowest BCUT2D eigenvalue weighted by atomic mass is 9.83. The molecule has 3 rings (SSSR count). The van der Waals surface area contributed by atoms with Gasteiger partial charge in [-0.25, -0.2) is 0 Å². The highest BCUT2D eigenvalue weighted by Gasteiger charge is 2.31. The summed E-state index contributed by atoms with van der Waals surface area (Å²) in [6.07, 6.45) is 0. The second-order valence-corrected chi connectivity index (χ2v) is 18.3. The molecule has 0 atom stereocenters. The van der Waals surface area contributed by atoms with Gasteiger partial charge in [-0.05, 0) is 105 Å². The Morgan fingerprint density at radius 2 is 0.630 bits per heavy atom. The fourth-order valence-electron chi connectivity index (χ4n) is 5.64. The zero-order valence-corrected chi connectivity index (χ0v) is 33.3. The highest BCUT2D eigenvalue weighted by molar-refractivity contribution is 7.43. The normalized spacial score (nSPS) is 12.9. The number of aryl methyl sites for hydroxylation is 3. The number of hydrogen-bond donors (Lipinski definition) is 0. The molecular weight excluding hydrogens is 583 g/mol. The highest BCUT2D eigenvalue weighted by Crippen LogP contribution is 2.51. The van der Waals surface area contributed by atoms with Gasteiger partial charge in [0.05, 0.1) is 0 Å². The van der Waals surface area contributed by atoms with E-state index in [1.807, 2.05) is 0 Å². The van der Waals surface area contributed by atoms with Crippen molar-refractivity contribution >= 4 is 8.60 Å². The minimum atomic E-state index is -1.87. The van der Waals surface area contributed by atoms with Crippen LogP contribution in [-0.4, -0.2) is 0 Å². The Morgan fingerprint density at radius 1 is 0.413 bits per heavy atom. The Kier molecular flexibility index (Phi) is 11.5. The maximum absolute atomic E-state index is 7.01. The van der Waals surface area contributed by atoms with Crippen LogP contribution in [0.15, 0.2) is 36.4 Å². The minimum absolute atomic E-state index is 0.0286. The van der Waals surface area contributed by atoms with Gasteiger partial charge in [-0.15, -0.1) is 0 Å². The molecule has 0 aliphatic rings. The molecule has 0 amide bonds. The van der Waals surface area contributed by atoms with Crippen LogP contribution in [0.3, 0.4) is 0 Å². The van der Waals surface area contributed by atoms with Gasteiger partial charge in [-0.1, -0.05) is 140 Å². The first-order chi connectivity index (χ1) is 20.9. The summed E-state index contributed by atoms with van der Waals surface area (Å²) in [6, 6.07) is 13.7. The van der Waals surface area contributed by atoms with Gasteiger partial charge in [0.1, 0.15) is 17.2 Å². The molecule has 0 radical (unpaired) electrons. The molecule has 0 aliphatic carbocycles. The molecule has 0 spiro atoms. The average molecular weight is 647 g/mol. The summed E-state index contributed by atoms with van der Waals surface area (Å²) < 4.78 is 21.0.